The van der Waals surface area contributed by atoms with Gasteiger partial charge in [-0.1, -0.05) is 36.4 Å². The largest absolute Gasteiger partial charge is 0.494 e. The van der Waals surface area contributed by atoms with Gasteiger partial charge in [-0.15, -0.1) is 12.4 Å². The highest BCUT2D eigenvalue weighted by Gasteiger charge is 2.37. The van der Waals surface area contributed by atoms with Gasteiger partial charge in [-0.25, -0.2) is 4.98 Å². The molecule has 29 heavy (non-hydrogen) atoms. The number of nitrogens with zero attached hydrogens (tertiary/aromatic N) is 3. The van der Waals surface area contributed by atoms with Crippen LogP contribution in [0.3, 0.4) is 0 Å². The van der Waals surface area contributed by atoms with Gasteiger partial charge in [-0.2, -0.15) is 0 Å². The molecule has 4 rings (SSSR count). The van der Waals surface area contributed by atoms with E-state index in [2.05, 4.69) is 28.1 Å². The zero-order chi connectivity index (χ0) is 19.4. The molecule has 1 saturated heterocycles. The minimum atomic E-state index is -0.758. The second-order valence-electron chi connectivity index (χ2n) is 7.47. The molecule has 1 aliphatic rings. The van der Waals surface area contributed by atoms with E-state index in [1.54, 1.807) is 6.20 Å². The molecule has 154 valence electrons. The van der Waals surface area contributed by atoms with E-state index in [9.17, 15) is 5.11 Å². The van der Waals surface area contributed by atoms with Crippen LogP contribution in [0.1, 0.15) is 30.0 Å². The molecule has 2 heterocycles. The molecule has 1 aliphatic heterocycles. The number of ether oxygens (including phenoxy) is 1. The van der Waals surface area contributed by atoms with Crippen LogP contribution in [-0.2, 0) is 18.7 Å². The van der Waals surface area contributed by atoms with E-state index in [1.165, 1.54) is 5.56 Å². The van der Waals surface area contributed by atoms with Gasteiger partial charge in [0.2, 0.25) is 0 Å². The van der Waals surface area contributed by atoms with E-state index in [4.69, 9.17) is 4.74 Å². The number of likely N-dealkylation sites (tertiary alicyclic amines) is 1. The van der Waals surface area contributed by atoms with Gasteiger partial charge in [0, 0.05) is 37.6 Å². The Morgan fingerprint density at radius 1 is 1.14 bits per heavy atom. The molecule has 6 heteroatoms. The third-order valence-corrected chi connectivity index (χ3v) is 5.38. The lowest BCUT2D eigenvalue weighted by atomic mass is 9.93. The summed E-state index contributed by atoms with van der Waals surface area (Å²) in [7, 11) is 0. The van der Waals surface area contributed by atoms with Crippen LogP contribution in [0.4, 0.5) is 0 Å². The first-order chi connectivity index (χ1) is 13.7. The van der Waals surface area contributed by atoms with E-state index in [-0.39, 0.29) is 12.4 Å². The third kappa shape index (κ3) is 4.99. The molecule has 1 N–H and O–H groups in total. The summed E-state index contributed by atoms with van der Waals surface area (Å²) in [6, 6.07) is 16.4. The second-order valence-corrected chi connectivity index (χ2v) is 7.47. The van der Waals surface area contributed by atoms with E-state index in [0.717, 1.165) is 42.9 Å². The molecule has 1 atom stereocenters. The van der Waals surface area contributed by atoms with Crippen LogP contribution < -0.4 is 4.74 Å². The second kappa shape index (κ2) is 9.44. The maximum atomic E-state index is 11.1. The normalized spacial score (nSPS) is 19.1. The third-order valence-electron chi connectivity index (χ3n) is 5.38. The average Bonchev–Trinajstić information content (AvgIpc) is 3.35. The zero-order valence-corrected chi connectivity index (χ0v) is 17.5. The Hall–Kier alpha value is -2.34. The Balaban J connectivity index is 0.00000240. The minimum absolute atomic E-state index is 0. The molecule has 0 saturated carbocycles. The van der Waals surface area contributed by atoms with Gasteiger partial charge in [-0.3, -0.25) is 4.90 Å². The number of halogens is 1. The first-order valence-electron chi connectivity index (χ1n) is 9.87. The minimum Gasteiger partial charge on any atom is -0.494 e. The predicted octanol–water partition coefficient (Wildman–Crippen LogP) is 3.85. The number of imidazole rings is 1. The summed E-state index contributed by atoms with van der Waals surface area (Å²) < 4.78 is 7.86. The SMILES string of the molecule is CCOc1ccc(CN2CCC(O)(c3ccccc3)C2)cc1Cn1ccnc1.Cl. The molecular weight excluding hydrogens is 386 g/mol. The summed E-state index contributed by atoms with van der Waals surface area (Å²) in [5.41, 5.74) is 2.63. The average molecular weight is 414 g/mol. The molecule has 1 aromatic heterocycles. The van der Waals surface area contributed by atoms with Crippen molar-refractivity contribution in [3.05, 3.63) is 83.9 Å². The van der Waals surface area contributed by atoms with Crippen LogP contribution in [0.5, 0.6) is 5.75 Å². The van der Waals surface area contributed by atoms with Crippen molar-refractivity contribution < 1.29 is 9.84 Å². The molecule has 0 bridgehead atoms. The van der Waals surface area contributed by atoms with Crippen molar-refractivity contribution in [3.8, 4) is 5.75 Å². The summed E-state index contributed by atoms with van der Waals surface area (Å²) in [5.74, 6) is 0.919. The van der Waals surface area contributed by atoms with Gasteiger partial charge in [0.05, 0.1) is 19.5 Å². The fourth-order valence-electron chi connectivity index (χ4n) is 3.98. The first-order valence-corrected chi connectivity index (χ1v) is 9.87. The van der Waals surface area contributed by atoms with Crippen LogP contribution in [-0.4, -0.2) is 39.3 Å². The molecule has 3 aromatic rings. The number of hydrogen-bond donors (Lipinski definition) is 1. The van der Waals surface area contributed by atoms with Gasteiger partial charge < -0.3 is 14.4 Å². The molecule has 5 nitrogen and oxygen atoms in total. The van der Waals surface area contributed by atoms with Crippen molar-refractivity contribution in [3.63, 3.8) is 0 Å². The summed E-state index contributed by atoms with van der Waals surface area (Å²) >= 11 is 0. The maximum Gasteiger partial charge on any atom is 0.124 e. The molecule has 1 unspecified atom stereocenters. The van der Waals surface area contributed by atoms with Crippen LogP contribution in [0.25, 0.3) is 0 Å². The van der Waals surface area contributed by atoms with Gasteiger partial charge in [0.15, 0.2) is 0 Å². The number of rotatable bonds is 7. The lowest BCUT2D eigenvalue weighted by molar-refractivity contribution is 0.0453. The summed E-state index contributed by atoms with van der Waals surface area (Å²) in [6.07, 6.45) is 6.33. The number of benzene rings is 2. The van der Waals surface area contributed by atoms with Crippen molar-refractivity contribution in [1.82, 2.24) is 14.5 Å². The van der Waals surface area contributed by atoms with Gasteiger partial charge in [-0.05, 0) is 36.6 Å². The van der Waals surface area contributed by atoms with Crippen LogP contribution in [0, 0.1) is 0 Å². The molecule has 2 aromatic carbocycles. The van der Waals surface area contributed by atoms with Crippen molar-refractivity contribution in [1.29, 1.82) is 0 Å². The molecule has 0 radical (unpaired) electrons. The Labute approximate surface area is 178 Å². The number of β-amino-alcohol motifs (C(OH)–C–C–N with tert-alkyl or cyclic N) is 1. The number of hydrogen-bond acceptors (Lipinski definition) is 4. The van der Waals surface area contributed by atoms with Gasteiger partial charge in [0.1, 0.15) is 11.4 Å². The van der Waals surface area contributed by atoms with Crippen LogP contribution >= 0.6 is 12.4 Å². The molecule has 0 aliphatic carbocycles. The highest BCUT2D eigenvalue weighted by Crippen LogP contribution is 2.33. The molecular formula is C23H28ClN3O2. The topological polar surface area (TPSA) is 50.5 Å². The summed E-state index contributed by atoms with van der Waals surface area (Å²) in [4.78, 5) is 6.45. The predicted molar refractivity (Wildman–Crippen MR) is 116 cm³/mol. The Kier molecular flexibility index (Phi) is 6.96. The standard InChI is InChI=1S/C23H27N3O2.ClH/c1-2-28-22-9-8-19(14-20(22)16-26-13-11-24-18-26)15-25-12-10-23(27,17-25)21-6-4-3-5-7-21;/h3-9,11,13-14,18,27H,2,10,12,15-17H2,1H3;1H. The van der Waals surface area contributed by atoms with E-state index in [1.807, 2.05) is 54.3 Å². The molecule has 1 fully saturated rings. The Morgan fingerprint density at radius 3 is 2.69 bits per heavy atom. The van der Waals surface area contributed by atoms with Crippen LogP contribution in [0.15, 0.2) is 67.3 Å². The Morgan fingerprint density at radius 2 is 1.97 bits per heavy atom. The maximum absolute atomic E-state index is 11.1. The fourth-order valence-corrected chi connectivity index (χ4v) is 3.98. The molecule has 0 amide bonds. The van der Waals surface area contributed by atoms with Gasteiger partial charge >= 0.3 is 0 Å². The van der Waals surface area contributed by atoms with Crippen molar-refractivity contribution in [2.24, 2.45) is 0 Å². The highest BCUT2D eigenvalue weighted by molar-refractivity contribution is 5.85. The van der Waals surface area contributed by atoms with Crippen molar-refractivity contribution >= 4 is 12.4 Å². The molecule has 0 spiro atoms. The van der Waals surface area contributed by atoms with Crippen LogP contribution in [0.2, 0.25) is 0 Å². The van der Waals surface area contributed by atoms with E-state index in [0.29, 0.717) is 13.2 Å². The summed E-state index contributed by atoms with van der Waals surface area (Å²) in [6.45, 7) is 5.74. The lowest BCUT2D eigenvalue weighted by Gasteiger charge is -2.24. The van der Waals surface area contributed by atoms with Crippen molar-refractivity contribution in [2.45, 2.75) is 32.0 Å². The van der Waals surface area contributed by atoms with Gasteiger partial charge in [0.25, 0.3) is 0 Å². The number of aliphatic hydroxyl groups is 1. The Bertz CT molecular complexity index is 902. The fraction of sp³-hybridized carbons (Fsp3) is 0.348. The van der Waals surface area contributed by atoms with Crippen molar-refractivity contribution in [2.75, 3.05) is 19.7 Å². The van der Waals surface area contributed by atoms with E-state index < -0.39 is 5.60 Å². The monoisotopic (exact) mass is 413 g/mol. The zero-order valence-electron chi connectivity index (χ0n) is 16.7. The lowest BCUT2D eigenvalue weighted by Crippen LogP contribution is -2.30. The number of aromatic nitrogens is 2. The highest BCUT2D eigenvalue weighted by atomic mass is 35.5. The smallest absolute Gasteiger partial charge is 0.124 e. The summed E-state index contributed by atoms with van der Waals surface area (Å²) in [5, 5.41) is 11.1. The van der Waals surface area contributed by atoms with E-state index >= 15 is 0 Å². The quantitative estimate of drug-likeness (QED) is 0.639. The first kappa shape index (κ1) is 21.4.